The first kappa shape index (κ1) is 21.1. The van der Waals surface area contributed by atoms with Crippen molar-refractivity contribution < 1.29 is 27.5 Å². The van der Waals surface area contributed by atoms with Gasteiger partial charge in [0.2, 0.25) is 0 Å². The molecule has 1 N–H and O–H groups in total. The lowest BCUT2D eigenvalue weighted by Gasteiger charge is -2.35. The van der Waals surface area contributed by atoms with Crippen molar-refractivity contribution >= 4 is 17.6 Å². The summed E-state index contributed by atoms with van der Waals surface area (Å²) in [6, 6.07) is 2.86. The SMILES string of the molecule is O=C(Nc1ccc(-n2cncn2)cc1C(F)(F)F)N1CCN(C(=O)C2CCCO2)CC1. The highest BCUT2D eigenvalue weighted by atomic mass is 19.4. The lowest BCUT2D eigenvalue weighted by Crippen LogP contribution is -2.53. The smallest absolute Gasteiger partial charge is 0.368 e. The average Bonchev–Trinajstić information content (AvgIpc) is 3.47. The fraction of sp³-hybridized carbons (Fsp3) is 0.474. The Balaban J connectivity index is 1.42. The van der Waals surface area contributed by atoms with E-state index in [-0.39, 0.29) is 30.4 Å². The molecule has 0 radical (unpaired) electrons. The van der Waals surface area contributed by atoms with E-state index in [1.165, 1.54) is 34.4 Å². The van der Waals surface area contributed by atoms with Gasteiger partial charge in [0, 0.05) is 32.8 Å². The van der Waals surface area contributed by atoms with Gasteiger partial charge in [-0.3, -0.25) is 4.79 Å². The number of piperazine rings is 1. The van der Waals surface area contributed by atoms with Gasteiger partial charge in [0.1, 0.15) is 18.8 Å². The van der Waals surface area contributed by atoms with Gasteiger partial charge in [-0.25, -0.2) is 14.5 Å². The third-order valence-corrected chi connectivity index (χ3v) is 5.32. The van der Waals surface area contributed by atoms with Crippen molar-refractivity contribution in [1.29, 1.82) is 0 Å². The molecule has 3 amide bonds. The van der Waals surface area contributed by atoms with Crippen LogP contribution in [0.25, 0.3) is 5.69 Å². The highest BCUT2D eigenvalue weighted by Crippen LogP contribution is 2.36. The number of aromatic nitrogens is 3. The Morgan fingerprint density at radius 1 is 1.13 bits per heavy atom. The van der Waals surface area contributed by atoms with E-state index in [9.17, 15) is 22.8 Å². The van der Waals surface area contributed by atoms with Crippen molar-refractivity contribution in [1.82, 2.24) is 24.6 Å². The third-order valence-electron chi connectivity index (χ3n) is 5.32. The molecule has 166 valence electrons. The second kappa shape index (κ2) is 8.53. The maximum Gasteiger partial charge on any atom is 0.418 e. The van der Waals surface area contributed by atoms with Gasteiger partial charge in [0.15, 0.2) is 0 Å². The van der Waals surface area contributed by atoms with Gasteiger partial charge in [-0.15, -0.1) is 0 Å². The van der Waals surface area contributed by atoms with Crippen LogP contribution in [0.1, 0.15) is 18.4 Å². The molecule has 31 heavy (non-hydrogen) atoms. The first-order chi connectivity index (χ1) is 14.8. The second-order valence-corrected chi connectivity index (χ2v) is 7.31. The highest BCUT2D eigenvalue weighted by Gasteiger charge is 2.36. The maximum absolute atomic E-state index is 13.6. The van der Waals surface area contributed by atoms with Crippen molar-refractivity contribution in [2.24, 2.45) is 0 Å². The summed E-state index contributed by atoms with van der Waals surface area (Å²) in [5, 5.41) is 6.18. The predicted octanol–water partition coefficient (Wildman–Crippen LogP) is 2.14. The zero-order chi connectivity index (χ0) is 22.0. The number of nitrogens with zero attached hydrogens (tertiary/aromatic N) is 5. The normalized spacial score (nSPS) is 19.5. The number of amides is 3. The number of benzene rings is 1. The molecule has 2 saturated heterocycles. The predicted molar refractivity (Wildman–Crippen MR) is 103 cm³/mol. The molecule has 2 aromatic rings. The number of carbonyl (C=O) groups is 2. The summed E-state index contributed by atoms with van der Waals surface area (Å²) < 4.78 is 47.4. The molecule has 0 bridgehead atoms. The lowest BCUT2D eigenvalue weighted by molar-refractivity contribution is -0.142. The summed E-state index contributed by atoms with van der Waals surface area (Å²) in [5.41, 5.74) is -1.16. The maximum atomic E-state index is 13.6. The average molecular weight is 438 g/mol. The van der Waals surface area contributed by atoms with Crippen molar-refractivity contribution in [3.8, 4) is 5.69 Å². The van der Waals surface area contributed by atoms with Crippen LogP contribution < -0.4 is 5.32 Å². The first-order valence-electron chi connectivity index (χ1n) is 9.85. The highest BCUT2D eigenvalue weighted by molar-refractivity contribution is 5.91. The van der Waals surface area contributed by atoms with Crippen molar-refractivity contribution in [2.45, 2.75) is 25.1 Å². The molecule has 2 fully saturated rings. The van der Waals surface area contributed by atoms with Gasteiger partial charge in [-0.2, -0.15) is 18.3 Å². The Morgan fingerprint density at radius 3 is 2.48 bits per heavy atom. The quantitative estimate of drug-likeness (QED) is 0.793. The first-order valence-corrected chi connectivity index (χ1v) is 9.85. The molecule has 1 atom stereocenters. The zero-order valence-corrected chi connectivity index (χ0v) is 16.5. The van der Waals surface area contributed by atoms with Crippen molar-refractivity contribution in [3.63, 3.8) is 0 Å². The summed E-state index contributed by atoms with van der Waals surface area (Å²) in [6.07, 6.45) is -1.08. The van der Waals surface area contributed by atoms with Crippen LogP contribution >= 0.6 is 0 Å². The molecule has 2 aliphatic heterocycles. The van der Waals surface area contributed by atoms with Crippen LogP contribution in [-0.4, -0.2) is 75.4 Å². The molecule has 1 aromatic carbocycles. The van der Waals surface area contributed by atoms with Crippen molar-refractivity contribution in [2.75, 3.05) is 38.1 Å². The molecule has 0 saturated carbocycles. The van der Waals surface area contributed by atoms with Gasteiger partial charge in [-0.05, 0) is 31.0 Å². The summed E-state index contributed by atoms with van der Waals surface area (Å²) >= 11 is 0. The molecule has 12 heteroatoms. The monoisotopic (exact) mass is 438 g/mol. The fourth-order valence-electron chi connectivity index (χ4n) is 3.66. The molecule has 2 aliphatic rings. The number of hydrogen-bond donors (Lipinski definition) is 1. The number of anilines is 1. The summed E-state index contributed by atoms with van der Waals surface area (Å²) in [4.78, 5) is 31.7. The molecule has 0 aliphatic carbocycles. The van der Waals surface area contributed by atoms with Gasteiger partial charge in [0.05, 0.1) is 16.9 Å². The van der Waals surface area contributed by atoms with Crippen molar-refractivity contribution in [3.05, 3.63) is 36.4 Å². The summed E-state index contributed by atoms with van der Waals surface area (Å²) in [6.45, 7) is 1.63. The molecule has 0 spiro atoms. The van der Waals surface area contributed by atoms with Gasteiger partial charge in [-0.1, -0.05) is 0 Å². The minimum atomic E-state index is -4.67. The number of ether oxygens (including phenoxy) is 1. The van der Waals surface area contributed by atoms with E-state index in [1.807, 2.05) is 0 Å². The molecule has 4 rings (SSSR count). The standard InChI is InChI=1S/C19H21F3N6O3/c20-19(21,22)14-10-13(28-12-23-11-24-28)3-4-15(14)25-18(30)27-7-5-26(6-8-27)17(29)16-2-1-9-31-16/h3-4,10-12,16H,1-2,5-9H2,(H,25,30). The minimum absolute atomic E-state index is 0.0967. The minimum Gasteiger partial charge on any atom is -0.368 e. The number of rotatable bonds is 3. The van der Waals surface area contributed by atoms with E-state index in [2.05, 4.69) is 15.4 Å². The number of nitrogens with one attached hydrogen (secondary N) is 1. The van der Waals surface area contributed by atoms with Crippen LogP contribution in [0.4, 0.5) is 23.7 Å². The third kappa shape index (κ3) is 4.63. The van der Waals surface area contributed by atoms with Gasteiger partial charge >= 0.3 is 12.2 Å². The Hall–Kier alpha value is -3.15. The molecule has 1 aromatic heterocycles. The number of urea groups is 1. The van der Waals surface area contributed by atoms with Crippen LogP contribution in [0.3, 0.4) is 0 Å². The van der Waals surface area contributed by atoms with E-state index in [4.69, 9.17) is 4.74 Å². The Labute approximate surface area is 175 Å². The van der Waals surface area contributed by atoms with E-state index >= 15 is 0 Å². The zero-order valence-electron chi connectivity index (χ0n) is 16.5. The van der Waals surface area contributed by atoms with E-state index in [1.54, 1.807) is 4.90 Å². The van der Waals surface area contributed by atoms with Crippen LogP contribution in [0.15, 0.2) is 30.9 Å². The van der Waals surface area contributed by atoms with Crippen LogP contribution in [0.5, 0.6) is 0 Å². The fourth-order valence-corrected chi connectivity index (χ4v) is 3.66. The van der Waals surface area contributed by atoms with E-state index in [0.717, 1.165) is 12.5 Å². The molecular weight excluding hydrogens is 417 g/mol. The van der Waals surface area contributed by atoms with Gasteiger partial charge < -0.3 is 19.9 Å². The Kier molecular flexibility index (Phi) is 5.81. The second-order valence-electron chi connectivity index (χ2n) is 7.31. The molecule has 3 heterocycles. The summed E-state index contributed by atoms with van der Waals surface area (Å²) in [7, 11) is 0. The number of hydrogen-bond acceptors (Lipinski definition) is 5. The van der Waals surface area contributed by atoms with E-state index < -0.39 is 23.9 Å². The Morgan fingerprint density at radius 2 is 1.87 bits per heavy atom. The Bertz CT molecular complexity index is 936. The molecule has 1 unspecified atom stereocenters. The van der Waals surface area contributed by atoms with Crippen LogP contribution in [-0.2, 0) is 15.7 Å². The number of halogens is 3. The lowest BCUT2D eigenvalue weighted by atomic mass is 10.1. The van der Waals surface area contributed by atoms with E-state index in [0.29, 0.717) is 26.1 Å². The number of carbonyl (C=O) groups excluding carboxylic acids is 2. The molecular formula is C19H21F3N6O3. The number of alkyl halides is 3. The topological polar surface area (TPSA) is 92.6 Å². The molecule has 9 nitrogen and oxygen atoms in total. The largest absolute Gasteiger partial charge is 0.418 e. The van der Waals surface area contributed by atoms with Crippen LogP contribution in [0, 0.1) is 0 Å². The van der Waals surface area contributed by atoms with Gasteiger partial charge in [0.25, 0.3) is 5.91 Å². The van der Waals surface area contributed by atoms with Crippen LogP contribution in [0.2, 0.25) is 0 Å². The summed E-state index contributed by atoms with van der Waals surface area (Å²) in [5.74, 6) is -0.0967.